The van der Waals surface area contributed by atoms with E-state index in [4.69, 9.17) is 4.74 Å². The number of nitrogens with zero attached hydrogens (tertiary/aromatic N) is 1. The second-order valence-corrected chi connectivity index (χ2v) is 9.87. The third-order valence-electron chi connectivity index (χ3n) is 4.52. The topological polar surface area (TPSA) is 75.7 Å². The Morgan fingerprint density at radius 1 is 1.03 bits per heavy atom. The quantitative estimate of drug-likeness (QED) is 0.408. The molecule has 0 saturated carbocycles. The molecule has 0 bridgehead atoms. The lowest BCUT2D eigenvalue weighted by Gasteiger charge is -2.24. The highest BCUT2D eigenvalue weighted by Crippen LogP contribution is 2.25. The van der Waals surface area contributed by atoms with Crippen LogP contribution in [0.4, 0.5) is 11.4 Å². The summed E-state index contributed by atoms with van der Waals surface area (Å²) in [6.07, 6.45) is 0. The van der Waals surface area contributed by atoms with Gasteiger partial charge in [0.25, 0.3) is 10.0 Å². The molecule has 162 valence electrons. The Kier molecular flexibility index (Phi) is 7.55. The van der Waals surface area contributed by atoms with Crippen molar-refractivity contribution < 1.29 is 17.9 Å². The van der Waals surface area contributed by atoms with Crippen molar-refractivity contribution in [3.63, 3.8) is 0 Å². The third kappa shape index (κ3) is 5.76. The van der Waals surface area contributed by atoms with Crippen LogP contribution in [-0.4, -0.2) is 27.5 Å². The van der Waals surface area contributed by atoms with Crippen LogP contribution in [0.15, 0.2) is 77.7 Å². The van der Waals surface area contributed by atoms with E-state index in [2.05, 4.69) is 27.9 Å². The Labute approximate surface area is 196 Å². The molecule has 3 rings (SSSR count). The van der Waals surface area contributed by atoms with Crippen molar-refractivity contribution in [2.75, 3.05) is 22.8 Å². The number of carbonyl (C=O) groups is 1. The normalized spacial score (nSPS) is 11.1. The summed E-state index contributed by atoms with van der Waals surface area (Å²) in [5.41, 5.74) is 1.96. The van der Waals surface area contributed by atoms with Gasteiger partial charge in [-0.3, -0.25) is 9.10 Å². The number of amides is 1. The van der Waals surface area contributed by atoms with Gasteiger partial charge in [0.2, 0.25) is 5.91 Å². The molecule has 3 aromatic carbocycles. The summed E-state index contributed by atoms with van der Waals surface area (Å²) in [4.78, 5) is 12.9. The van der Waals surface area contributed by atoms with Crippen LogP contribution in [-0.2, 0) is 14.8 Å². The number of anilines is 2. The van der Waals surface area contributed by atoms with Crippen LogP contribution in [0.3, 0.4) is 0 Å². The molecule has 0 aliphatic heterocycles. The van der Waals surface area contributed by atoms with Gasteiger partial charge >= 0.3 is 0 Å². The van der Waals surface area contributed by atoms with Crippen LogP contribution in [0, 0.1) is 10.5 Å². The van der Waals surface area contributed by atoms with Crippen molar-refractivity contribution in [2.45, 2.75) is 18.7 Å². The lowest BCUT2D eigenvalue weighted by atomic mass is 10.2. The van der Waals surface area contributed by atoms with Gasteiger partial charge in [-0.2, -0.15) is 0 Å². The number of sulfonamides is 1. The van der Waals surface area contributed by atoms with Crippen molar-refractivity contribution in [1.29, 1.82) is 0 Å². The molecule has 0 radical (unpaired) electrons. The van der Waals surface area contributed by atoms with Crippen LogP contribution in [0.25, 0.3) is 0 Å². The summed E-state index contributed by atoms with van der Waals surface area (Å²) in [6, 6.07) is 20.4. The van der Waals surface area contributed by atoms with Gasteiger partial charge in [0, 0.05) is 9.26 Å². The standard InChI is InChI=1S/C23H23IN2O4S/c1-3-30-20-10-12-21(13-11-20)31(28,29)26(19-7-5-4-6-8-19)16-23(27)25-22-14-9-18(24)15-17(22)2/h4-15H,3,16H2,1-2H3,(H,25,27). The first-order valence-corrected chi connectivity index (χ1v) is 12.2. The van der Waals surface area contributed by atoms with Gasteiger partial charge in [-0.25, -0.2) is 8.42 Å². The monoisotopic (exact) mass is 550 g/mol. The van der Waals surface area contributed by atoms with E-state index in [0.717, 1.165) is 13.4 Å². The molecule has 0 unspecified atom stereocenters. The highest BCUT2D eigenvalue weighted by Gasteiger charge is 2.27. The first-order valence-electron chi connectivity index (χ1n) is 9.68. The fourth-order valence-electron chi connectivity index (χ4n) is 3.00. The molecule has 31 heavy (non-hydrogen) atoms. The van der Waals surface area contributed by atoms with E-state index in [0.29, 0.717) is 23.7 Å². The Hall–Kier alpha value is -2.59. The minimum absolute atomic E-state index is 0.0815. The van der Waals surface area contributed by atoms with Crippen LogP contribution in [0.5, 0.6) is 5.75 Å². The predicted molar refractivity (Wildman–Crippen MR) is 131 cm³/mol. The first kappa shape index (κ1) is 23.1. The molecule has 0 heterocycles. The molecule has 0 aliphatic rings. The molecular weight excluding hydrogens is 527 g/mol. The zero-order valence-corrected chi connectivity index (χ0v) is 20.2. The molecule has 1 amide bonds. The SMILES string of the molecule is CCOc1ccc(S(=O)(=O)N(CC(=O)Nc2ccc(I)cc2C)c2ccccc2)cc1. The molecule has 0 aliphatic carbocycles. The smallest absolute Gasteiger partial charge is 0.264 e. The molecule has 0 atom stereocenters. The first-order chi connectivity index (χ1) is 14.8. The number of benzene rings is 3. The summed E-state index contributed by atoms with van der Waals surface area (Å²) in [7, 11) is -3.97. The molecule has 0 aromatic heterocycles. The van der Waals surface area contributed by atoms with Gasteiger partial charge in [-0.15, -0.1) is 0 Å². The van der Waals surface area contributed by atoms with E-state index in [1.165, 1.54) is 12.1 Å². The minimum atomic E-state index is -3.97. The average Bonchev–Trinajstić information content (AvgIpc) is 2.75. The van der Waals surface area contributed by atoms with E-state index in [9.17, 15) is 13.2 Å². The molecular formula is C23H23IN2O4S. The molecule has 1 N–H and O–H groups in total. The van der Waals surface area contributed by atoms with Gasteiger partial charge in [0.15, 0.2) is 0 Å². The highest BCUT2D eigenvalue weighted by atomic mass is 127. The summed E-state index contributed by atoms with van der Waals surface area (Å²) >= 11 is 2.20. The van der Waals surface area contributed by atoms with Crippen LogP contribution >= 0.6 is 22.6 Å². The van der Waals surface area contributed by atoms with Crippen LogP contribution < -0.4 is 14.4 Å². The van der Waals surface area contributed by atoms with Gasteiger partial charge in [0.05, 0.1) is 17.2 Å². The Morgan fingerprint density at radius 3 is 2.32 bits per heavy atom. The van der Waals surface area contributed by atoms with E-state index >= 15 is 0 Å². The molecule has 0 saturated heterocycles. The van der Waals surface area contributed by atoms with Gasteiger partial charge in [0.1, 0.15) is 12.3 Å². The summed E-state index contributed by atoms with van der Waals surface area (Å²) in [5.74, 6) is 0.155. The molecule has 0 spiro atoms. The number of aryl methyl sites for hydroxylation is 1. The lowest BCUT2D eigenvalue weighted by Crippen LogP contribution is -2.38. The number of rotatable bonds is 8. The minimum Gasteiger partial charge on any atom is -0.494 e. The second kappa shape index (κ2) is 10.1. The number of hydrogen-bond acceptors (Lipinski definition) is 4. The number of halogens is 1. The number of para-hydroxylation sites is 1. The molecule has 8 heteroatoms. The summed E-state index contributed by atoms with van der Waals surface area (Å²) in [6.45, 7) is 3.88. The van der Waals surface area contributed by atoms with Crippen molar-refractivity contribution in [1.82, 2.24) is 0 Å². The second-order valence-electron chi connectivity index (χ2n) is 6.76. The van der Waals surface area contributed by atoms with Gasteiger partial charge < -0.3 is 10.1 Å². The van der Waals surface area contributed by atoms with Crippen LogP contribution in [0.2, 0.25) is 0 Å². The Morgan fingerprint density at radius 2 is 1.71 bits per heavy atom. The maximum Gasteiger partial charge on any atom is 0.264 e. The van der Waals surface area contributed by atoms with Crippen molar-refractivity contribution in [3.8, 4) is 5.75 Å². The fourth-order valence-corrected chi connectivity index (χ4v) is 5.07. The number of hydrogen-bond donors (Lipinski definition) is 1. The largest absolute Gasteiger partial charge is 0.494 e. The van der Waals surface area contributed by atoms with Gasteiger partial charge in [-0.05, 0) is 96.6 Å². The Bertz CT molecular complexity index is 1150. The molecule has 6 nitrogen and oxygen atoms in total. The molecule has 3 aromatic rings. The van der Waals surface area contributed by atoms with Crippen LogP contribution in [0.1, 0.15) is 12.5 Å². The fraction of sp³-hybridized carbons (Fsp3) is 0.174. The maximum atomic E-state index is 13.4. The van der Waals surface area contributed by atoms with E-state index in [-0.39, 0.29) is 11.4 Å². The third-order valence-corrected chi connectivity index (χ3v) is 6.98. The number of ether oxygens (including phenoxy) is 1. The summed E-state index contributed by atoms with van der Waals surface area (Å²) < 4.78 is 34.4. The van der Waals surface area contributed by atoms with Crippen molar-refractivity contribution >= 4 is 49.9 Å². The highest BCUT2D eigenvalue weighted by molar-refractivity contribution is 14.1. The van der Waals surface area contributed by atoms with Crippen molar-refractivity contribution in [3.05, 3.63) is 81.9 Å². The Balaban J connectivity index is 1.90. The zero-order chi connectivity index (χ0) is 22.4. The lowest BCUT2D eigenvalue weighted by molar-refractivity contribution is -0.114. The number of nitrogens with one attached hydrogen (secondary N) is 1. The number of carbonyl (C=O) groups excluding carboxylic acids is 1. The average molecular weight is 550 g/mol. The predicted octanol–water partition coefficient (Wildman–Crippen LogP) is 4.83. The zero-order valence-electron chi connectivity index (χ0n) is 17.2. The molecule has 0 fully saturated rings. The van der Waals surface area contributed by atoms with Gasteiger partial charge in [-0.1, -0.05) is 18.2 Å². The maximum absolute atomic E-state index is 13.4. The van der Waals surface area contributed by atoms with E-state index < -0.39 is 15.9 Å². The van der Waals surface area contributed by atoms with E-state index in [1.807, 2.05) is 32.0 Å². The van der Waals surface area contributed by atoms with E-state index in [1.54, 1.807) is 42.5 Å². The van der Waals surface area contributed by atoms with Crippen molar-refractivity contribution in [2.24, 2.45) is 0 Å². The summed E-state index contributed by atoms with van der Waals surface area (Å²) in [5, 5.41) is 2.82.